The first-order chi connectivity index (χ1) is 10.7. The maximum Gasteiger partial charge on any atom is 0.222 e. The minimum atomic E-state index is 0.00495. The van der Waals surface area contributed by atoms with E-state index in [0.29, 0.717) is 24.5 Å². The number of methoxy groups -OCH3 is 1. The molecule has 0 aliphatic rings. The second kappa shape index (κ2) is 8.29. The molecule has 2 aromatic carbocycles. The molecule has 1 amide bonds. The Morgan fingerprint density at radius 2 is 1.95 bits per heavy atom. The number of hydrogen-bond donors (Lipinski definition) is 2. The van der Waals surface area contributed by atoms with Gasteiger partial charge in [-0.2, -0.15) is 0 Å². The van der Waals surface area contributed by atoms with Gasteiger partial charge in [0.25, 0.3) is 0 Å². The number of anilines is 1. The molecule has 0 radical (unpaired) electrons. The van der Waals surface area contributed by atoms with E-state index in [4.69, 9.17) is 16.3 Å². The summed E-state index contributed by atoms with van der Waals surface area (Å²) < 4.78 is 5.09. The molecule has 0 atom stereocenters. The third-order valence-corrected chi connectivity index (χ3v) is 3.39. The molecule has 0 aromatic heterocycles. The van der Waals surface area contributed by atoms with Crippen LogP contribution in [0.3, 0.4) is 0 Å². The Bertz CT molecular complexity index is 614. The van der Waals surface area contributed by atoms with Gasteiger partial charge in [0, 0.05) is 30.2 Å². The summed E-state index contributed by atoms with van der Waals surface area (Å²) in [5.74, 6) is 0.811. The standard InChI is InChI=1S/C17H19ClN2O2/c1-22-16-7-5-13(6-8-16)12-20-17(21)9-10-19-15-4-2-3-14(18)11-15/h2-8,11,19H,9-10,12H2,1H3,(H,20,21). The van der Waals surface area contributed by atoms with E-state index in [1.807, 2.05) is 48.5 Å². The summed E-state index contributed by atoms with van der Waals surface area (Å²) in [5.41, 5.74) is 1.95. The highest BCUT2D eigenvalue weighted by Gasteiger charge is 2.02. The highest BCUT2D eigenvalue weighted by Crippen LogP contribution is 2.14. The first-order valence-corrected chi connectivity index (χ1v) is 7.44. The van der Waals surface area contributed by atoms with Crippen LogP contribution in [0.2, 0.25) is 5.02 Å². The van der Waals surface area contributed by atoms with Crippen LogP contribution in [-0.2, 0) is 11.3 Å². The first-order valence-electron chi connectivity index (χ1n) is 7.06. The lowest BCUT2D eigenvalue weighted by atomic mass is 10.2. The van der Waals surface area contributed by atoms with Crippen LogP contribution >= 0.6 is 11.6 Å². The van der Waals surface area contributed by atoms with Gasteiger partial charge >= 0.3 is 0 Å². The minimum absolute atomic E-state index is 0.00495. The van der Waals surface area contributed by atoms with Gasteiger partial charge in [-0.25, -0.2) is 0 Å². The van der Waals surface area contributed by atoms with Gasteiger partial charge in [0.2, 0.25) is 5.91 Å². The van der Waals surface area contributed by atoms with Gasteiger partial charge in [-0.15, -0.1) is 0 Å². The Morgan fingerprint density at radius 1 is 1.18 bits per heavy atom. The van der Waals surface area contributed by atoms with Gasteiger partial charge in [0.1, 0.15) is 5.75 Å². The number of halogens is 1. The summed E-state index contributed by atoms with van der Waals surface area (Å²) in [5, 5.41) is 6.73. The summed E-state index contributed by atoms with van der Waals surface area (Å²) in [6.45, 7) is 1.08. The van der Waals surface area contributed by atoms with Crippen molar-refractivity contribution in [3.63, 3.8) is 0 Å². The largest absolute Gasteiger partial charge is 0.497 e. The molecule has 4 nitrogen and oxygen atoms in total. The fourth-order valence-electron chi connectivity index (χ4n) is 1.95. The molecule has 0 saturated heterocycles. The molecular weight excluding hydrogens is 300 g/mol. The average Bonchev–Trinajstić information content (AvgIpc) is 2.53. The quantitative estimate of drug-likeness (QED) is 0.822. The van der Waals surface area contributed by atoms with Crippen LogP contribution < -0.4 is 15.4 Å². The first kappa shape index (κ1) is 16.2. The second-order valence-corrected chi connectivity index (χ2v) is 5.25. The van der Waals surface area contributed by atoms with Crippen molar-refractivity contribution in [2.75, 3.05) is 19.0 Å². The summed E-state index contributed by atoms with van der Waals surface area (Å²) in [7, 11) is 1.63. The predicted molar refractivity (Wildman–Crippen MR) is 89.4 cm³/mol. The molecular formula is C17H19ClN2O2. The number of carbonyl (C=O) groups excluding carboxylic acids is 1. The average molecular weight is 319 g/mol. The monoisotopic (exact) mass is 318 g/mol. The smallest absolute Gasteiger partial charge is 0.222 e. The zero-order valence-electron chi connectivity index (χ0n) is 12.4. The number of hydrogen-bond acceptors (Lipinski definition) is 3. The fraction of sp³-hybridized carbons (Fsp3) is 0.235. The van der Waals surface area contributed by atoms with E-state index in [1.54, 1.807) is 7.11 Å². The molecule has 22 heavy (non-hydrogen) atoms. The van der Waals surface area contributed by atoms with Gasteiger partial charge in [-0.05, 0) is 35.9 Å². The van der Waals surface area contributed by atoms with Gasteiger partial charge in [-0.1, -0.05) is 29.8 Å². The van der Waals surface area contributed by atoms with E-state index in [2.05, 4.69) is 10.6 Å². The molecule has 2 rings (SSSR count). The molecule has 0 bridgehead atoms. The van der Waals surface area contributed by atoms with Crippen LogP contribution in [0, 0.1) is 0 Å². The Hall–Kier alpha value is -2.20. The van der Waals surface area contributed by atoms with Crippen molar-refractivity contribution < 1.29 is 9.53 Å². The predicted octanol–water partition coefficient (Wildman–Crippen LogP) is 3.47. The summed E-state index contributed by atoms with van der Waals surface area (Å²) >= 11 is 5.90. The lowest BCUT2D eigenvalue weighted by Crippen LogP contribution is -2.24. The molecule has 0 unspecified atom stereocenters. The molecule has 116 valence electrons. The summed E-state index contributed by atoms with van der Waals surface area (Å²) in [4.78, 5) is 11.8. The lowest BCUT2D eigenvalue weighted by molar-refractivity contribution is -0.121. The summed E-state index contributed by atoms with van der Waals surface area (Å²) in [6, 6.07) is 15.1. The zero-order valence-corrected chi connectivity index (χ0v) is 13.2. The number of amides is 1. The highest BCUT2D eigenvalue weighted by molar-refractivity contribution is 6.30. The summed E-state index contributed by atoms with van der Waals surface area (Å²) in [6.07, 6.45) is 0.405. The lowest BCUT2D eigenvalue weighted by Gasteiger charge is -2.08. The van der Waals surface area contributed by atoms with Crippen molar-refractivity contribution in [1.29, 1.82) is 0 Å². The van der Waals surface area contributed by atoms with Crippen molar-refractivity contribution >= 4 is 23.2 Å². The molecule has 0 fully saturated rings. The van der Waals surface area contributed by atoms with E-state index in [1.165, 1.54) is 0 Å². The van der Waals surface area contributed by atoms with Crippen molar-refractivity contribution in [3.8, 4) is 5.75 Å². The van der Waals surface area contributed by atoms with E-state index in [-0.39, 0.29) is 5.91 Å². The SMILES string of the molecule is COc1ccc(CNC(=O)CCNc2cccc(Cl)c2)cc1. The van der Waals surface area contributed by atoms with Crippen LogP contribution in [-0.4, -0.2) is 19.6 Å². The molecule has 0 spiro atoms. The van der Waals surface area contributed by atoms with Crippen molar-refractivity contribution in [1.82, 2.24) is 5.32 Å². The van der Waals surface area contributed by atoms with E-state index in [9.17, 15) is 4.79 Å². The minimum Gasteiger partial charge on any atom is -0.497 e. The fourth-order valence-corrected chi connectivity index (χ4v) is 2.14. The number of ether oxygens (including phenoxy) is 1. The Kier molecular flexibility index (Phi) is 6.10. The van der Waals surface area contributed by atoms with Crippen molar-refractivity contribution in [2.45, 2.75) is 13.0 Å². The van der Waals surface area contributed by atoms with Gasteiger partial charge in [0.05, 0.1) is 7.11 Å². The highest BCUT2D eigenvalue weighted by atomic mass is 35.5. The normalized spacial score (nSPS) is 10.1. The van der Waals surface area contributed by atoms with E-state index in [0.717, 1.165) is 17.0 Å². The van der Waals surface area contributed by atoms with E-state index >= 15 is 0 Å². The molecule has 0 aliphatic heterocycles. The molecule has 2 N–H and O–H groups in total. The third kappa shape index (κ3) is 5.30. The number of nitrogens with one attached hydrogen (secondary N) is 2. The van der Waals surface area contributed by atoms with Gasteiger partial charge < -0.3 is 15.4 Å². The molecule has 0 aliphatic carbocycles. The Balaban J connectivity index is 1.69. The van der Waals surface area contributed by atoms with Gasteiger partial charge in [0.15, 0.2) is 0 Å². The Morgan fingerprint density at radius 3 is 2.64 bits per heavy atom. The second-order valence-electron chi connectivity index (χ2n) is 4.81. The number of rotatable bonds is 7. The van der Waals surface area contributed by atoms with Crippen LogP contribution in [0.15, 0.2) is 48.5 Å². The van der Waals surface area contributed by atoms with Crippen LogP contribution in [0.5, 0.6) is 5.75 Å². The van der Waals surface area contributed by atoms with E-state index < -0.39 is 0 Å². The third-order valence-electron chi connectivity index (χ3n) is 3.15. The Labute approximate surface area is 135 Å². The molecule has 5 heteroatoms. The molecule has 0 heterocycles. The maximum absolute atomic E-state index is 11.8. The van der Waals surface area contributed by atoms with Crippen LogP contribution in [0.1, 0.15) is 12.0 Å². The topological polar surface area (TPSA) is 50.4 Å². The van der Waals surface area contributed by atoms with Crippen LogP contribution in [0.4, 0.5) is 5.69 Å². The molecule has 2 aromatic rings. The van der Waals surface area contributed by atoms with Gasteiger partial charge in [-0.3, -0.25) is 4.79 Å². The number of benzene rings is 2. The van der Waals surface area contributed by atoms with Crippen LogP contribution in [0.25, 0.3) is 0 Å². The number of carbonyl (C=O) groups is 1. The van der Waals surface area contributed by atoms with Crippen molar-refractivity contribution in [2.24, 2.45) is 0 Å². The maximum atomic E-state index is 11.8. The molecule has 0 saturated carbocycles. The van der Waals surface area contributed by atoms with Crippen molar-refractivity contribution in [3.05, 3.63) is 59.1 Å². The zero-order chi connectivity index (χ0) is 15.8.